The van der Waals surface area contributed by atoms with E-state index in [1.165, 1.54) is 47.8 Å². The SMILES string of the molecule is O=C(CSc1nnnn1-c1cccc(F)c1)NCC1(N2CCOCC2)CCCCC1. The highest BCUT2D eigenvalue weighted by Crippen LogP contribution is 2.34. The highest BCUT2D eigenvalue weighted by atomic mass is 32.2. The maximum absolute atomic E-state index is 13.5. The van der Waals surface area contributed by atoms with Crippen LogP contribution in [0.15, 0.2) is 29.4 Å². The zero-order valence-corrected chi connectivity index (χ0v) is 17.7. The number of aromatic nitrogens is 4. The van der Waals surface area contributed by atoms with Crippen LogP contribution in [-0.4, -0.2) is 75.2 Å². The summed E-state index contributed by atoms with van der Waals surface area (Å²) in [7, 11) is 0. The average Bonchev–Trinajstić information content (AvgIpc) is 3.26. The summed E-state index contributed by atoms with van der Waals surface area (Å²) in [6.07, 6.45) is 5.88. The van der Waals surface area contributed by atoms with E-state index in [0.29, 0.717) is 17.4 Å². The van der Waals surface area contributed by atoms with Crippen molar-refractivity contribution in [3.05, 3.63) is 30.1 Å². The Hall–Kier alpha value is -2.04. The molecule has 2 heterocycles. The van der Waals surface area contributed by atoms with Crippen LogP contribution >= 0.6 is 11.8 Å². The second kappa shape index (κ2) is 9.84. The zero-order chi connectivity index (χ0) is 20.8. The van der Waals surface area contributed by atoms with Gasteiger partial charge < -0.3 is 10.1 Å². The van der Waals surface area contributed by atoms with Crippen LogP contribution < -0.4 is 5.32 Å². The number of ether oxygens (including phenoxy) is 1. The lowest BCUT2D eigenvalue weighted by Gasteiger charge is -2.48. The number of thioether (sulfide) groups is 1. The normalized spacial score (nSPS) is 19.5. The third-order valence-corrected chi connectivity index (χ3v) is 6.83. The first-order valence-electron chi connectivity index (χ1n) is 10.4. The van der Waals surface area contributed by atoms with E-state index in [9.17, 15) is 9.18 Å². The molecule has 10 heteroatoms. The lowest BCUT2D eigenvalue weighted by Crippen LogP contribution is -2.59. The van der Waals surface area contributed by atoms with Gasteiger partial charge in [0, 0.05) is 25.2 Å². The molecular weight excluding hydrogens is 407 g/mol. The highest BCUT2D eigenvalue weighted by Gasteiger charge is 2.38. The Balaban J connectivity index is 1.34. The molecule has 1 saturated carbocycles. The minimum Gasteiger partial charge on any atom is -0.379 e. The van der Waals surface area contributed by atoms with Crippen molar-refractivity contribution in [2.75, 3.05) is 38.6 Å². The first-order chi connectivity index (χ1) is 14.7. The minimum absolute atomic E-state index is 0.0332. The Morgan fingerprint density at radius 3 is 2.80 bits per heavy atom. The van der Waals surface area contributed by atoms with Crippen LogP contribution in [0.25, 0.3) is 5.69 Å². The molecule has 0 radical (unpaired) electrons. The van der Waals surface area contributed by atoms with Crippen LogP contribution in [0.3, 0.4) is 0 Å². The van der Waals surface area contributed by atoms with Crippen molar-refractivity contribution in [3.8, 4) is 5.69 Å². The van der Waals surface area contributed by atoms with Gasteiger partial charge in [0.15, 0.2) is 0 Å². The second-order valence-electron chi connectivity index (χ2n) is 7.80. The largest absolute Gasteiger partial charge is 0.379 e. The standard InChI is InChI=1S/C20H27FN6O2S/c21-16-5-4-6-17(13-16)27-19(23-24-25-27)30-14-18(28)22-15-20(7-2-1-3-8-20)26-9-11-29-12-10-26/h4-6,13H,1-3,7-12,14-15H2,(H,22,28). The summed E-state index contributed by atoms with van der Waals surface area (Å²) in [5.74, 6) is -0.209. The second-order valence-corrected chi connectivity index (χ2v) is 8.75. The van der Waals surface area contributed by atoms with E-state index >= 15 is 0 Å². The van der Waals surface area contributed by atoms with Crippen LogP contribution in [0.2, 0.25) is 0 Å². The van der Waals surface area contributed by atoms with Crippen molar-refractivity contribution in [1.82, 2.24) is 30.4 Å². The molecule has 0 unspecified atom stereocenters. The molecule has 1 N–H and O–H groups in total. The van der Waals surface area contributed by atoms with E-state index in [1.807, 2.05) is 0 Å². The van der Waals surface area contributed by atoms with Crippen LogP contribution in [0.5, 0.6) is 0 Å². The summed E-state index contributed by atoms with van der Waals surface area (Å²) in [6.45, 7) is 4.02. The summed E-state index contributed by atoms with van der Waals surface area (Å²) in [6, 6.07) is 6.04. The first kappa shape index (κ1) is 21.2. The van der Waals surface area contributed by atoms with Crippen LogP contribution in [0.4, 0.5) is 4.39 Å². The van der Waals surface area contributed by atoms with Gasteiger partial charge in [-0.1, -0.05) is 37.1 Å². The van der Waals surface area contributed by atoms with Crippen molar-refractivity contribution in [2.24, 2.45) is 0 Å². The molecule has 1 aliphatic heterocycles. The Kier molecular flexibility index (Phi) is 6.96. The number of nitrogens with one attached hydrogen (secondary N) is 1. The third kappa shape index (κ3) is 4.98. The van der Waals surface area contributed by atoms with E-state index in [1.54, 1.807) is 12.1 Å². The molecule has 1 aromatic heterocycles. The molecule has 1 aliphatic carbocycles. The summed E-state index contributed by atoms with van der Waals surface area (Å²) in [4.78, 5) is 15.1. The van der Waals surface area contributed by atoms with Crippen molar-refractivity contribution >= 4 is 17.7 Å². The maximum Gasteiger partial charge on any atom is 0.230 e. The number of tetrazole rings is 1. The molecule has 0 bridgehead atoms. The molecule has 0 spiro atoms. The number of carbonyl (C=O) groups excluding carboxylic acids is 1. The van der Waals surface area contributed by atoms with Gasteiger partial charge in [-0.25, -0.2) is 4.39 Å². The van der Waals surface area contributed by atoms with Crippen molar-refractivity contribution in [3.63, 3.8) is 0 Å². The van der Waals surface area contributed by atoms with E-state index in [4.69, 9.17) is 4.74 Å². The fourth-order valence-electron chi connectivity index (χ4n) is 4.34. The number of hydrogen-bond acceptors (Lipinski definition) is 7. The molecule has 2 aromatic rings. The number of rotatable bonds is 7. The Morgan fingerprint density at radius 2 is 2.03 bits per heavy atom. The van der Waals surface area contributed by atoms with E-state index in [0.717, 1.165) is 39.1 Å². The molecule has 0 atom stereocenters. The van der Waals surface area contributed by atoms with Crippen LogP contribution in [0, 0.1) is 5.82 Å². The predicted molar refractivity (Wildman–Crippen MR) is 111 cm³/mol. The van der Waals surface area contributed by atoms with Gasteiger partial charge in [-0.3, -0.25) is 9.69 Å². The number of nitrogens with zero attached hydrogens (tertiary/aromatic N) is 5. The summed E-state index contributed by atoms with van der Waals surface area (Å²) in [5, 5.41) is 15.1. The van der Waals surface area contributed by atoms with Crippen LogP contribution in [0.1, 0.15) is 32.1 Å². The molecule has 1 amide bonds. The van der Waals surface area contributed by atoms with Gasteiger partial charge in [-0.2, -0.15) is 4.68 Å². The zero-order valence-electron chi connectivity index (χ0n) is 16.9. The van der Waals surface area contributed by atoms with Crippen molar-refractivity contribution in [1.29, 1.82) is 0 Å². The van der Waals surface area contributed by atoms with Crippen molar-refractivity contribution < 1.29 is 13.9 Å². The average molecular weight is 435 g/mol. The van der Waals surface area contributed by atoms with Gasteiger partial charge in [-0.15, -0.1) is 5.10 Å². The topological polar surface area (TPSA) is 85.2 Å². The Morgan fingerprint density at radius 1 is 1.23 bits per heavy atom. The lowest BCUT2D eigenvalue weighted by atomic mass is 9.79. The quantitative estimate of drug-likeness (QED) is 0.668. The number of carbonyl (C=O) groups is 1. The molecule has 4 rings (SSSR count). The fraction of sp³-hybridized carbons (Fsp3) is 0.600. The smallest absolute Gasteiger partial charge is 0.230 e. The summed E-state index contributed by atoms with van der Waals surface area (Å²) >= 11 is 1.24. The predicted octanol–water partition coefficient (Wildman–Crippen LogP) is 2.04. The fourth-order valence-corrected chi connectivity index (χ4v) is 5.06. The maximum atomic E-state index is 13.5. The highest BCUT2D eigenvalue weighted by molar-refractivity contribution is 7.99. The lowest BCUT2D eigenvalue weighted by molar-refractivity contribution is -0.119. The number of benzene rings is 1. The first-order valence-corrected chi connectivity index (χ1v) is 11.4. The molecular formula is C20H27FN6O2S. The van der Waals surface area contributed by atoms with Gasteiger partial charge >= 0.3 is 0 Å². The molecule has 2 fully saturated rings. The number of halogens is 1. The molecule has 30 heavy (non-hydrogen) atoms. The molecule has 8 nitrogen and oxygen atoms in total. The van der Waals surface area contributed by atoms with Gasteiger partial charge in [0.2, 0.25) is 11.1 Å². The Labute approximate surface area is 179 Å². The molecule has 1 aromatic carbocycles. The molecule has 2 aliphatic rings. The van der Waals surface area contributed by atoms with Gasteiger partial charge in [-0.05, 0) is 41.5 Å². The van der Waals surface area contributed by atoms with Crippen molar-refractivity contribution in [2.45, 2.75) is 42.8 Å². The number of amides is 1. The Bertz CT molecular complexity index is 851. The number of hydrogen-bond donors (Lipinski definition) is 1. The van der Waals surface area contributed by atoms with E-state index < -0.39 is 0 Å². The summed E-state index contributed by atoms with van der Waals surface area (Å²) in [5.41, 5.74) is 0.558. The van der Waals surface area contributed by atoms with E-state index in [-0.39, 0.29) is 23.0 Å². The monoisotopic (exact) mass is 434 g/mol. The molecule has 162 valence electrons. The van der Waals surface area contributed by atoms with Gasteiger partial charge in [0.25, 0.3) is 0 Å². The van der Waals surface area contributed by atoms with Crippen LogP contribution in [-0.2, 0) is 9.53 Å². The third-order valence-electron chi connectivity index (χ3n) is 5.91. The molecule has 1 saturated heterocycles. The van der Waals surface area contributed by atoms with E-state index in [2.05, 4.69) is 25.7 Å². The minimum atomic E-state index is -0.363. The summed E-state index contributed by atoms with van der Waals surface area (Å²) < 4.78 is 20.5. The number of morpholine rings is 1. The van der Waals surface area contributed by atoms with Gasteiger partial charge in [0.05, 0.1) is 24.7 Å². The van der Waals surface area contributed by atoms with Gasteiger partial charge in [0.1, 0.15) is 5.82 Å².